The summed E-state index contributed by atoms with van der Waals surface area (Å²) >= 11 is 0. The number of rotatable bonds is 12. The van der Waals surface area contributed by atoms with E-state index in [1.54, 1.807) is 26.3 Å². The molecule has 7 nitrogen and oxygen atoms in total. The zero-order chi connectivity index (χ0) is 22.3. The van der Waals surface area contributed by atoms with E-state index in [4.69, 9.17) is 9.47 Å². The molecule has 32 heavy (non-hydrogen) atoms. The van der Waals surface area contributed by atoms with Crippen LogP contribution in [-0.2, 0) is 11.3 Å². The highest BCUT2D eigenvalue weighted by Gasteiger charge is 2.07. The smallest absolute Gasteiger partial charge is 0.251 e. The Morgan fingerprint density at radius 1 is 0.969 bits per heavy atom. The van der Waals surface area contributed by atoms with Gasteiger partial charge in [0.05, 0.1) is 6.61 Å². The Morgan fingerprint density at radius 3 is 2.44 bits per heavy atom. The first-order valence-electron chi connectivity index (χ1n) is 10.6. The van der Waals surface area contributed by atoms with Gasteiger partial charge < -0.3 is 25.4 Å². The van der Waals surface area contributed by atoms with Crippen molar-refractivity contribution in [1.29, 1.82) is 0 Å². The number of methoxy groups -OCH3 is 1. The van der Waals surface area contributed by atoms with E-state index >= 15 is 0 Å². The first-order chi connectivity index (χ1) is 15.1. The van der Waals surface area contributed by atoms with Gasteiger partial charge in [0.2, 0.25) is 0 Å². The Morgan fingerprint density at radius 2 is 1.72 bits per heavy atom. The van der Waals surface area contributed by atoms with E-state index in [-0.39, 0.29) is 29.9 Å². The van der Waals surface area contributed by atoms with E-state index in [1.807, 2.05) is 18.2 Å². The van der Waals surface area contributed by atoms with E-state index in [9.17, 15) is 4.79 Å². The summed E-state index contributed by atoms with van der Waals surface area (Å²) in [5, 5.41) is 9.52. The van der Waals surface area contributed by atoms with Gasteiger partial charge >= 0.3 is 0 Å². The van der Waals surface area contributed by atoms with Crippen LogP contribution < -0.4 is 20.7 Å². The number of nitrogens with zero attached hydrogens (tertiary/aromatic N) is 1. The SMILES string of the molecule is CN=C(NCCCNC(=O)c1ccccc1)NCc1ccc(C)cc1OCCCOC.I. The number of ether oxygens (including phenoxy) is 2. The van der Waals surface area contributed by atoms with E-state index in [0.29, 0.717) is 44.4 Å². The fourth-order valence-corrected chi connectivity index (χ4v) is 2.92. The number of aliphatic imine (C=N–C) groups is 1. The standard InChI is InChI=1S/C24H34N4O3.HI/c1-19-11-12-21(22(17-19)31-16-8-15-30-3)18-28-24(25-2)27-14-7-13-26-23(29)20-9-5-4-6-10-20;/h4-6,9-12,17H,7-8,13-16,18H2,1-3H3,(H,26,29)(H2,25,27,28);1H. The molecule has 0 atom stereocenters. The second-order valence-electron chi connectivity index (χ2n) is 7.13. The maximum atomic E-state index is 12.0. The van der Waals surface area contributed by atoms with Gasteiger partial charge in [0.1, 0.15) is 5.75 Å². The minimum atomic E-state index is -0.0551. The molecule has 0 radical (unpaired) electrons. The van der Waals surface area contributed by atoms with Crippen LogP contribution >= 0.6 is 24.0 Å². The molecule has 0 saturated carbocycles. The molecule has 0 aliphatic carbocycles. The van der Waals surface area contributed by atoms with Gasteiger partial charge in [-0.1, -0.05) is 30.3 Å². The van der Waals surface area contributed by atoms with Gasteiger partial charge in [0.15, 0.2) is 5.96 Å². The van der Waals surface area contributed by atoms with E-state index < -0.39 is 0 Å². The van der Waals surface area contributed by atoms with E-state index in [2.05, 4.69) is 46.1 Å². The maximum Gasteiger partial charge on any atom is 0.251 e. The van der Waals surface area contributed by atoms with Gasteiger partial charge in [-0.3, -0.25) is 9.79 Å². The molecular weight excluding hydrogens is 519 g/mol. The number of amides is 1. The largest absolute Gasteiger partial charge is 0.493 e. The molecule has 0 aliphatic rings. The van der Waals surface area contributed by atoms with Crippen molar-refractivity contribution in [2.45, 2.75) is 26.3 Å². The van der Waals surface area contributed by atoms with E-state index in [0.717, 1.165) is 29.7 Å². The molecule has 2 rings (SSSR count). The number of benzene rings is 2. The van der Waals surface area contributed by atoms with Crippen LogP contribution in [0.4, 0.5) is 0 Å². The summed E-state index contributed by atoms with van der Waals surface area (Å²) < 4.78 is 11.0. The lowest BCUT2D eigenvalue weighted by atomic mass is 10.1. The van der Waals surface area contributed by atoms with Crippen LogP contribution in [0.1, 0.15) is 34.3 Å². The summed E-state index contributed by atoms with van der Waals surface area (Å²) in [5.74, 6) is 1.53. The third-order valence-corrected chi connectivity index (χ3v) is 4.61. The summed E-state index contributed by atoms with van der Waals surface area (Å²) in [7, 11) is 3.43. The summed E-state index contributed by atoms with van der Waals surface area (Å²) in [6.45, 7) is 5.24. The number of aryl methyl sites for hydroxylation is 1. The van der Waals surface area contributed by atoms with Crippen molar-refractivity contribution in [3.05, 3.63) is 65.2 Å². The molecule has 2 aromatic rings. The van der Waals surface area contributed by atoms with Crippen molar-refractivity contribution in [2.75, 3.05) is 40.5 Å². The van der Waals surface area contributed by atoms with Gasteiger partial charge in [-0.15, -0.1) is 24.0 Å². The Bertz CT molecular complexity index is 831. The first kappa shape index (κ1) is 27.7. The molecule has 0 spiro atoms. The molecule has 176 valence electrons. The Balaban J connectivity index is 0.00000512. The monoisotopic (exact) mass is 554 g/mol. The van der Waals surface area contributed by atoms with Crippen molar-refractivity contribution < 1.29 is 14.3 Å². The molecule has 0 saturated heterocycles. The molecule has 1 amide bonds. The molecular formula is C24H35IN4O3. The lowest BCUT2D eigenvalue weighted by molar-refractivity contribution is 0.0953. The minimum absolute atomic E-state index is 0. The lowest BCUT2D eigenvalue weighted by Gasteiger charge is -2.15. The summed E-state index contributed by atoms with van der Waals surface area (Å²) in [6.07, 6.45) is 1.64. The van der Waals surface area contributed by atoms with E-state index in [1.165, 1.54) is 0 Å². The number of hydrogen-bond acceptors (Lipinski definition) is 4. The average molecular weight is 554 g/mol. The van der Waals surface area contributed by atoms with Crippen LogP contribution in [-0.4, -0.2) is 52.3 Å². The predicted molar refractivity (Wildman–Crippen MR) is 140 cm³/mol. The highest BCUT2D eigenvalue weighted by molar-refractivity contribution is 14.0. The topological polar surface area (TPSA) is 84.0 Å². The van der Waals surface area contributed by atoms with Crippen molar-refractivity contribution in [3.63, 3.8) is 0 Å². The van der Waals surface area contributed by atoms with Crippen LogP contribution in [0.5, 0.6) is 5.75 Å². The quantitative estimate of drug-likeness (QED) is 0.162. The van der Waals surface area contributed by atoms with Crippen molar-refractivity contribution in [3.8, 4) is 5.75 Å². The first-order valence-corrected chi connectivity index (χ1v) is 10.6. The Hall–Kier alpha value is -2.33. The summed E-state index contributed by atoms with van der Waals surface area (Å²) in [4.78, 5) is 16.3. The Kier molecular flexibility index (Phi) is 14.1. The normalized spacial score (nSPS) is 10.8. The molecule has 2 aromatic carbocycles. The molecule has 0 bridgehead atoms. The number of hydrogen-bond donors (Lipinski definition) is 3. The highest BCUT2D eigenvalue weighted by atomic mass is 127. The van der Waals surface area contributed by atoms with Crippen molar-refractivity contribution in [2.24, 2.45) is 4.99 Å². The summed E-state index contributed by atoms with van der Waals surface area (Å²) in [6, 6.07) is 15.4. The molecule has 0 aromatic heterocycles. The van der Waals surface area contributed by atoms with Crippen molar-refractivity contribution in [1.82, 2.24) is 16.0 Å². The third-order valence-electron chi connectivity index (χ3n) is 4.61. The molecule has 0 heterocycles. The molecule has 0 fully saturated rings. The molecule has 0 unspecified atom stereocenters. The Labute approximate surface area is 208 Å². The van der Waals surface area contributed by atoms with Crippen LogP contribution in [0.15, 0.2) is 53.5 Å². The van der Waals surface area contributed by atoms with Gasteiger partial charge in [-0.05, 0) is 37.1 Å². The number of guanidine groups is 1. The number of carbonyl (C=O) groups excluding carboxylic acids is 1. The fraction of sp³-hybridized carbons (Fsp3) is 0.417. The fourth-order valence-electron chi connectivity index (χ4n) is 2.92. The number of halogens is 1. The minimum Gasteiger partial charge on any atom is -0.493 e. The molecule has 3 N–H and O–H groups in total. The second-order valence-corrected chi connectivity index (χ2v) is 7.13. The van der Waals surface area contributed by atoms with Crippen molar-refractivity contribution >= 4 is 35.8 Å². The van der Waals surface area contributed by atoms with Crippen LogP contribution in [0.3, 0.4) is 0 Å². The van der Waals surface area contributed by atoms with Crippen LogP contribution in [0.25, 0.3) is 0 Å². The predicted octanol–water partition coefficient (Wildman–Crippen LogP) is 3.51. The van der Waals surface area contributed by atoms with Crippen LogP contribution in [0, 0.1) is 6.92 Å². The molecule has 8 heteroatoms. The average Bonchev–Trinajstić information content (AvgIpc) is 2.80. The number of carbonyl (C=O) groups is 1. The van der Waals surface area contributed by atoms with Gasteiger partial charge in [0.25, 0.3) is 5.91 Å². The van der Waals surface area contributed by atoms with Gasteiger partial charge in [0, 0.05) is 57.9 Å². The summed E-state index contributed by atoms with van der Waals surface area (Å²) in [5.41, 5.74) is 2.90. The maximum absolute atomic E-state index is 12.0. The highest BCUT2D eigenvalue weighted by Crippen LogP contribution is 2.20. The zero-order valence-electron chi connectivity index (χ0n) is 19.1. The second kappa shape index (κ2) is 16.3. The van der Waals surface area contributed by atoms with Crippen LogP contribution in [0.2, 0.25) is 0 Å². The number of nitrogens with one attached hydrogen (secondary N) is 3. The zero-order valence-corrected chi connectivity index (χ0v) is 21.5. The van der Waals surface area contributed by atoms with Gasteiger partial charge in [-0.25, -0.2) is 0 Å². The third kappa shape index (κ3) is 10.3. The molecule has 0 aliphatic heterocycles. The lowest BCUT2D eigenvalue weighted by Crippen LogP contribution is -2.38. The van der Waals surface area contributed by atoms with Gasteiger partial charge in [-0.2, -0.15) is 0 Å².